The van der Waals surface area contributed by atoms with E-state index in [0.717, 1.165) is 12.1 Å². The van der Waals surface area contributed by atoms with Crippen molar-refractivity contribution in [3.05, 3.63) is 28.4 Å². The Labute approximate surface area is 101 Å². The van der Waals surface area contributed by atoms with Crippen LogP contribution in [0.15, 0.2) is 23.2 Å². The van der Waals surface area contributed by atoms with Gasteiger partial charge < -0.3 is 14.7 Å². The maximum absolute atomic E-state index is 10.3. The van der Waals surface area contributed by atoms with E-state index in [-0.39, 0.29) is 29.6 Å². The molecule has 1 aromatic heterocycles. The molecule has 1 heterocycles. The first-order chi connectivity index (χ1) is 5.91. The van der Waals surface area contributed by atoms with Gasteiger partial charge in [-0.15, -0.1) is 0 Å². The van der Waals surface area contributed by atoms with Crippen LogP contribution in [0.5, 0.6) is 0 Å². The van der Waals surface area contributed by atoms with Crippen LogP contribution in [-0.2, 0) is 10.1 Å². The third kappa shape index (κ3) is 3.31. The molecule has 7 nitrogen and oxygen atoms in total. The van der Waals surface area contributed by atoms with E-state index in [2.05, 4.69) is 4.98 Å². The van der Waals surface area contributed by atoms with Gasteiger partial charge in [-0.05, 0) is 16.0 Å². The van der Waals surface area contributed by atoms with Gasteiger partial charge in [-0.25, -0.2) is 8.42 Å². The Bertz CT molecular complexity index is 428. The molecule has 0 saturated carbocycles. The Morgan fingerprint density at radius 3 is 2.21 bits per heavy atom. The van der Waals surface area contributed by atoms with Crippen molar-refractivity contribution in [3.8, 4) is 0 Å². The second-order valence-corrected chi connectivity index (χ2v) is 3.44. The minimum atomic E-state index is -4.58. The van der Waals surface area contributed by atoms with Gasteiger partial charge in [-0.1, -0.05) is 0 Å². The zero-order valence-corrected chi connectivity index (χ0v) is 9.89. The molecule has 0 amide bonds. The van der Waals surface area contributed by atoms with Gasteiger partial charge in [0, 0.05) is 6.07 Å². The number of aromatic nitrogens is 1. The zero-order chi connectivity index (χ0) is 10.1. The molecule has 0 N–H and O–H groups in total. The summed E-state index contributed by atoms with van der Waals surface area (Å²) in [6.45, 7) is 0. The van der Waals surface area contributed by atoms with Crippen LogP contribution in [0.25, 0.3) is 0 Å². The maximum Gasteiger partial charge on any atom is 1.00 e. The number of pyridine rings is 1. The fraction of sp³-hybridized carbons (Fsp3) is 0. The van der Waals surface area contributed by atoms with Crippen LogP contribution in [0, 0.1) is 10.1 Å². The first-order valence-electron chi connectivity index (χ1n) is 2.97. The Morgan fingerprint density at radius 1 is 1.36 bits per heavy atom. The SMILES string of the molecule is O=[N+]([O-])c1ccc(S(=O)(=O)[O-])cn1.[Na+]. The van der Waals surface area contributed by atoms with Crippen LogP contribution in [0.4, 0.5) is 5.82 Å². The summed E-state index contributed by atoms with van der Waals surface area (Å²) in [6.07, 6.45) is 0.653. The van der Waals surface area contributed by atoms with Crippen molar-refractivity contribution in [1.82, 2.24) is 4.98 Å². The molecule has 0 atom stereocenters. The summed E-state index contributed by atoms with van der Waals surface area (Å²) < 4.78 is 31.0. The van der Waals surface area contributed by atoms with E-state index in [1.165, 1.54) is 0 Å². The monoisotopic (exact) mass is 226 g/mol. The van der Waals surface area contributed by atoms with Crippen molar-refractivity contribution in [3.63, 3.8) is 0 Å². The molecule has 0 unspecified atom stereocenters. The second kappa shape index (κ2) is 4.80. The quantitative estimate of drug-likeness (QED) is 0.228. The molecule has 14 heavy (non-hydrogen) atoms. The first-order valence-corrected chi connectivity index (χ1v) is 4.38. The summed E-state index contributed by atoms with van der Waals surface area (Å²) in [5.74, 6) is -0.507. The van der Waals surface area contributed by atoms with Crippen LogP contribution < -0.4 is 29.6 Å². The summed E-state index contributed by atoms with van der Waals surface area (Å²) in [5.41, 5.74) is 0. The maximum atomic E-state index is 10.3. The number of rotatable bonds is 2. The largest absolute Gasteiger partial charge is 1.00 e. The van der Waals surface area contributed by atoms with Crippen molar-refractivity contribution in [1.29, 1.82) is 0 Å². The number of hydrogen-bond donors (Lipinski definition) is 0. The molecule has 1 rings (SSSR count). The number of nitro groups is 1. The van der Waals surface area contributed by atoms with Crippen LogP contribution in [0.1, 0.15) is 0 Å². The Kier molecular flexibility index (Phi) is 4.62. The topological polar surface area (TPSA) is 113 Å². The van der Waals surface area contributed by atoms with Crippen molar-refractivity contribution >= 4 is 15.9 Å². The van der Waals surface area contributed by atoms with E-state index < -0.39 is 25.8 Å². The van der Waals surface area contributed by atoms with Gasteiger partial charge >= 0.3 is 35.4 Å². The van der Waals surface area contributed by atoms with E-state index in [1.807, 2.05) is 0 Å². The molecule has 0 spiro atoms. The zero-order valence-electron chi connectivity index (χ0n) is 7.08. The van der Waals surface area contributed by atoms with E-state index in [0.29, 0.717) is 6.20 Å². The fourth-order valence-corrected chi connectivity index (χ4v) is 1.04. The third-order valence-electron chi connectivity index (χ3n) is 1.20. The molecule has 0 aliphatic carbocycles. The number of nitrogens with zero attached hydrogens (tertiary/aromatic N) is 2. The van der Waals surface area contributed by atoms with Crippen molar-refractivity contribution in [2.24, 2.45) is 0 Å². The van der Waals surface area contributed by atoms with Crippen molar-refractivity contribution in [2.45, 2.75) is 4.90 Å². The predicted molar refractivity (Wildman–Crippen MR) is 38.9 cm³/mol. The molecular formula is C5H3N2NaO5S. The number of hydrogen-bond acceptors (Lipinski definition) is 6. The smallest absolute Gasteiger partial charge is 0.744 e. The summed E-state index contributed by atoms with van der Waals surface area (Å²) in [5, 5.41) is 10.1. The molecular weight excluding hydrogens is 223 g/mol. The Balaban J connectivity index is 0.00000169. The molecule has 70 valence electrons. The van der Waals surface area contributed by atoms with E-state index >= 15 is 0 Å². The molecule has 0 fully saturated rings. The molecule has 0 radical (unpaired) electrons. The van der Waals surface area contributed by atoms with Gasteiger partial charge in [0.1, 0.15) is 10.1 Å². The minimum absolute atomic E-state index is 0. The van der Waals surface area contributed by atoms with Crippen LogP contribution >= 0.6 is 0 Å². The average molecular weight is 226 g/mol. The van der Waals surface area contributed by atoms with E-state index in [9.17, 15) is 23.1 Å². The summed E-state index contributed by atoms with van der Waals surface area (Å²) >= 11 is 0. The average Bonchev–Trinajstić information content (AvgIpc) is 2.03. The second-order valence-electron chi connectivity index (χ2n) is 2.06. The summed E-state index contributed by atoms with van der Waals surface area (Å²) in [7, 11) is -4.58. The summed E-state index contributed by atoms with van der Waals surface area (Å²) in [6, 6.07) is 1.69. The van der Waals surface area contributed by atoms with Crippen molar-refractivity contribution < 1.29 is 47.5 Å². The van der Waals surface area contributed by atoms with Gasteiger partial charge in [0.2, 0.25) is 0 Å². The molecule has 0 bridgehead atoms. The Hall–Kier alpha value is -0.540. The standard InChI is InChI=1S/C5H4N2O5S.Na/c8-7(9)5-2-1-4(3-6-5)13(10,11)12;/h1-3H,(H,10,11,12);/q;+1/p-1. The van der Waals surface area contributed by atoms with Gasteiger partial charge in [-0.3, -0.25) is 0 Å². The van der Waals surface area contributed by atoms with Crippen molar-refractivity contribution in [2.75, 3.05) is 0 Å². The normalized spacial score (nSPS) is 10.4. The molecule has 1 aromatic rings. The van der Waals surface area contributed by atoms with Gasteiger partial charge in [0.05, 0.1) is 4.90 Å². The van der Waals surface area contributed by atoms with Crippen LogP contribution in [0.2, 0.25) is 0 Å². The third-order valence-corrected chi connectivity index (χ3v) is 2.02. The predicted octanol–water partition coefficient (Wildman–Crippen LogP) is -3.10. The summed E-state index contributed by atoms with van der Waals surface area (Å²) in [4.78, 5) is 11.9. The van der Waals surface area contributed by atoms with Crippen LogP contribution in [0.3, 0.4) is 0 Å². The van der Waals surface area contributed by atoms with Gasteiger partial charge in [0.15, 0.2) is 6.20 Å². The van der Waals surface area contributed by atoms with E-state index in [1.54, 1.807) is 0 Å². The molecule has 0 aliphatic heterocycles. The minimum Gasteiger partial charge on any atom is -0.744 e. The van der Waals surface area contributed by atoms with Crippen LogP contribution in [-0.4, -0.2) is 22.9 Å². The van der Waals surface area contributed by atoms with Gasteiger partial charge in [0.25, 0.3) is 0 Å². The molecule has 0 aliphatic rings. The molecule has 9 heteroatoms. The first kappa shape index (κ1) is 13.5. The fourth-order valence-electron chi connectivity index (χ4n) is 0.628. The molecule has 0 saturated heterocycles. The Morgan fingerprint density at radius 2 is 1.93 bits per heavy atom. The van der Waals surface area contributed by atoms with Gasteiger partial charge in [-0.2, -0.15) is 0 Å². The molecule has 0 aromatic carbocycles. The van der Waals surface area contributed by atoms with E-state index in [4.69, 9.17) is 0 Å².